The van der Waals surface area contributed by atoms with Crippen LogP contribution >= 0.6 is 11.6 Å². The van der Waals surface area contributed by atoms with Crippen LogP contribution in [0.1, 0.15) is 25.0 Å². The minimum atomic E-state index is -0.725. The van der Waals surface area contributed by atoms with Gasteiger partial charge in [0.1, 0.15) is 12.4 Å². The molecule has 0 saturated heterocycles. The second kappa shape index (κ2) is 13.3. The Bertz CT molecular complexity index is 1360. The van der Waals surface area contributed by atoms with Crippen molar-refractivity contribution < 1.29 is 19.0 Å². The monoisotopic (exact) mass is 528 g/mol. The molecule has 0 heterocycles. The number of hydrogen-bond donors (Lipinski definition) is 1. The molecule has 0 fully saturated rings. The van der Waals surface area contributed by atoms with Crippen molar-refractivity contribution in [3.8, 4) is 28.4 Å². The van der Waals surface area contributed by atoms with Crippen molar-refractivity contribution in [1.29, 1.82) is 0 Å². The van der Waals surface area contributed by atoms with E-state index < -0.39 is 6.10 Å². The van der Waals surface area contributed by atoms with Crippen molar-refractivity contribution in [2.24, 2.45) is 5.10 Å². The highest BCUT2D eigenvalue weighted by Gasteiger charge is 2.14. The van der Waals surface area contributed by atoms with Crippen LogP contribution in [0.15, 0.2) is 102 Å². The molecule has 1 atom stereocenters. The first-order valence-corrected chi connectivity index (χ1v) is 12.7. The third-order valence-electron chi connectivity index (χ3n) is 5.61. The van der Waals surface area contributed by atoms with Gasteiger partial charge >= 0.3 is 0 Å². The maximum absolute atomic E-state index is 12.5. The van der Waals surface area contributed by atoms with Crippen LogP contribution in [0.4, 0.5) is 0 Å². The number of hydrogen-bond acceptors (Lipinski definition) is 5. The summed E-state index contributed by atoms with van der Waals surface area (Å²) in [6.07, 6.45) is 0.822. The summed E-state index contributed by atoms with van der Waals surface area (Å²) < 4.78 is 17.5. The summed E-state index contributed by atoms with van der Waals surface area (Å²) in [7, 11) is 0. The predicted molar refractivity (Wildman–Crippen MR) is 151 cm³/mol. The van der Waals surface area contributed by atoms with Crippen molar-refractivity contribution in [3.05, 3.63) is 113 Å². The van der Waals surface area contributed by atoms with Gasteiger partial charge in [-0.1, -0.05) is 66.2 Å². The molecule has 0 bridgehead atoms. The third kappa shape index (κ3) is 7.60. The molecule has 0 spiro atoms. The van der Waals surface area contributed by atoms with Gasteiger partial charge in [0.05, 0.1) is 12.8 Å². The van der Waals surface area contributed by atoms with Gasteiger partial charge in [0.15, 0.2) is 17.6 Å². The van der Waals surface area contributed by atoms with Gasteiger partial charge in [-0.15, -0.1) is 0 Å². The van der Waals surface area contributed by atoms with Gasteiger partial charge in [-0.05, 0) is 78.6 Å². The number of hydrazone groups is 1. The van der Waals surface area contributed by atoms with Crippen LogP contribution in [0.2, 0.25) is 5.02 Å². The number of carbonyl (C=O) groups excluding carboxylic acids is 1. The van der Waals surface area contributed by atoms with E-state index in [2.05, 4.69) is 10.5 Å². The van der Waals surface area contributed by atoms with Gasteiger partial charge in [0.25, 0.3) is 5.91 Å². The summed E-state index contributed by atoms with van der Waals surface area (Å²) in [5.41, 5.74) is 6.47. The van der Waals surface area contributed by atoms with Crippen molar-refractivity contribution in [2.45, 2.75) is 26.6 Å². The maximum Gasteiger partial charge on any atom is 0.280 e. The van der Waals surface area contributed by atoms with Gasteiger partial charge < -0.3 is 14.2 Å². The van der Waals surface area contributed by atoms with Crippen LogP contribution in [0.3, 0.4) is 0 Å². The number of carbonyl (C=O) groups is 1. The molecule has 1 amide bonds. The molecule has 194 valence electrons. The number of nitrogens with one attached hydrogen (secondary N) is 1. The molecular weight excluding hydrogens is 500 g/mol. The summed E-state index contributed by atoms with van der Waals surface area (Å²) in [5, 5.41) is 4.76. The van der Waals surface area contributed by atoms with E-state index >= 15 is 0 Å². The SMILES string of the molecule is CCOc1cc(/C=N\NC(=O)[C@@H](C)Oc2ccc(-c3ccccc3)cc2)ccc1OCc1ccc(Cl)cc1. The first-order chi connectivity index (χ1) is 18.5. The molecule has 38 heavy (non-hydrogen) atoms. The lowest BCUT2D eigenvalue weighted by Gasteiger charge is -2.14. The van der Waals surface area contributed by atoms with Crippen LogP contribution in [-0.4, -0.2) is 24.8 Å². The van der Waals surface area contributed by atoms with Gasteiger partial charge in [-0.3, -0.25) is 4.79 Å². The average Bonchev–Trinajstić information content (AvgIpc) is 2.94. The lowest BCUT2D eigenvalue weighted by molar-refractivity contribution is -0.127. The molecule has 4 aromatic rings. The summed E-state index contributed by atoms with van der Waals surface area (Å²) in [6.45, 7) is 4.44. The molecule has 6 nitrogen and oxygen atoms in total. The Morgan fingerprint density at radius 1 is 0.895 bits per heavy atom. The first kappa shape index (κ1) is 26.8. The lowest BCUT2D eigenvalue weighted by atomic mass is 10.1. The molecule has 0 radical (unpaired) electrons. The van der Waals surface area contributed by atoms with E-state index in [1.165, 1.54) is 0 Å². The molecule has 1 N–H and O–H groups in total. The Balaban J connectivity index is 1.31. The van der Waals surface area contributed by atoms with E-state index in [0.717, 1.165) is 22.3 Å². The molecule has 4 rings (SSSR count). The van der Waals surface area contributed by atoms with E-state index in [4.69, 9.17) is 25.8 Å². The number of halogens is 1. The molecule has 0 aliphatic carbocycles. The number of rotatable bonds is 11. The molecular formula is C31H29ClN2O4. The lowest BCUT2D eigenvalue weighted by Crippen LogP contribution is -2.33. The second-order valence-corrected chi connectivity index (χ2v) is 8.88. The van der Waals surface area contributed by atoms with Gasteiger partial charge in [0.2, 0.25) is 0 Å². The Morgan fingerprint density at radius 2 is 1.61 bits per heavy atom. The summed E-state index contributed by atoms with van der Waals surface area (Å²) >= 11 is 5.95. The Morgan fingerprint density at radius 3 is 2.32 bits per heavy atom. The van der Waals surface area contributed by atoms with Crippen molar-refractivity contribution in [3.63, 3.8) is 0 Å². The average molecular weight is 529 g/mol. The highest BCUT2D eigenvalue weighted by atomic mass is 35.5. The molecule has 4 aromatic carbocycles. The number of amides is 1. The summed E-state index contributed by atoms with van der Waals surface area (Å²) in [6, 6.07) is 30.6. The molecule has 0 aliphatic rings. The Kier molecular flexibility index (Phi) is 9.37. The minimum absolute atomic E-state index is 0.360. The van der Waals surface area contributed by atoms with E-state index in [1.54, 1.807) is 13.1 Å². The predicted octanol–water partition coefficient (Wildman–Crippen LogP) is 6.90. The number of benzene rings is 4. The van der Waals surface area contributed by atoms with Crippen LogP contribution in [0.5, 0.6) is 17.2 Å². The molecule has 0 aromatic heterocycles. The van der Waals surface area contributed by atoms with Gasteiger partial charge in [-0.25, -0.2) is 5.43 Å². The third-order valence-corrected chi connectivity index (χ3v) is 5.86. The van der Waals surface area contributed by atoms with E-state index in [1.807, 2.05) is 104 Å². The highest BCUT2D eigenvalue weighted by Crippen LogP contribution is 2.29. The molecule has 0 unspecified atom stereocenters. The Labute approximate surface area is 227 Å². The molecule has 0 saturated carbocycles. The zero-order valence-corrected chi connectivity index (χ0v) is 22.0. The summed E-state index contributed by atoms with van der Waals surface area (Å²) in [4.78, 5) is 12.5. The van der Waals surface area contributed by atoms with Gasteiger partial charge in [-0.2, -0.15) is 5.10 Å². The molecule has 7 heteroatoms. The van der Waals surface area contributed by atoms with E-state index in [-0.39, 0.29) is 5.91 Å². The largest absolute Gasteiger partial charge is 0.490 e. The van der Waals surface area contributed by atoms with E-state index in [0.29, 0.717) is 35.5 Å². The fraction of sp³-hybridized carbons (Fsp3) is 0.161. The van der Waals surface area contributed by atoms with Crippen LogP contribution in [0, 0.1) is 0 Å². The van der Waals surface area contributed by atoms with Crippen LogP contribution in [0.25, 0.3) is 11.1 Å². The van der Waals surface area contributed by atoms with Crippen molar-refractivity contribution in [2.75, 3.05) is 6.61 Å². The minimum Gasteiger partial charge on any atom is -0.490 e. The Hall–Kier alpha value is -4.29. The smallest absolute Gasteiger partial charge is 0.280 e. The van der Waals surface area contributed by atoms with Crippen LogP contribution in [-0.2, 0) is 11.4 Å². The van der Waals surface area contributed by atoms with E-state index in [9.17, 15) is 4.79 Å². The molecule has 0 aliphatic heterocycles. The summed E-state index contributed by atoms with van der Waals surface area (Å²) in [5.74, 6) is 1.45. The zero-order valence-electron chi connectivity index (χ0n) is 21.3. The quantitative estimate of drug-likeness (QED) is 0.170. The fourth-order valence-corrected chi connectivity index (χ4v) is 3.74. The van der Waals surface area contributed by atoms with Gasteiger partial charge in [0, 0.05) is 5.02 Å². The highest BCUT2D eigenvalue weighted by molar-refractivity contribution is 6.30. The number of ether oxygens (including phenoxy) is 3. The maximum atomic E-state index is 12.5. The fourth-order valence-electron chi connectivity index (χ4n) is 3.61. The normalized spacial score (nSPS) is 11.7. The second-order valence-electron chi connectivity index (χ2n) is 8.44. The van der Waals surface area contributed by atoms with Crippen molar-refractivity contribution >= 4 is 23.7 Å². The topological polar surface area (TPSA) is 69.2 Å². The standard InChI is InChI=1S/C31H29ClN2O4/c1-3-36-30-19-24(11-18-29(30)37-21-23-9-14-27(32)15-10-23)20-33-34-31(35)22(2)38-28-16-12-26(13-17-28)25-7-5-4-6-8-25/h4-20,22H,3,21H2,1-2H3,(H,34,35)/b33-20-/t22-/m1/s1. The zero-order chi connectivity index (χ0) is 26.7. The van der Waals surface area contributed by atoms with Crippen molar-refractivity contribution in [1.82, 2.24) is 5.43 Å². The number of nitrogens with zero attached hydrogens (tertiary/aromatic N) is 1. The van der Waals surface area contributed by atoms with Crippen LogP contribution < -0.4 is 19.6 Å². The first-order valence-electron chi connectivity index (χ1n) is 12.3.